The molecule has 0 spiro atoms. The number of nitrogens with zero attached hydrogens (tertiary/aromatic N) is 2. The fourth-order valence-electron chi connectivity index (χ4n) is 4.47. The Balaban J connectivity index is 1.74. The van der Waals surface area contributed by atoms with E-state index in [2.05, 4.69) is 48.6 Å². The molecule has 5 rings (SSSR count). The van der Waals surface area contributed by atoms with Crippen molar-refractivity contribution < 1.29 is 4.79 Å². The van der Waals surface area contributed by atoms with Gasteiger partial charge in [0.05, 0.1) is 11.4 Å². The van der Waals surface area contributed by atoms with E-state index in [1.807, 2.05) is 29.8 Å². The number of benzene rings is 2. The van der Waals surface area contributed by atoms with Gasteiger partial charge in [0.1, 0.15) is 5.82 Å². The van der Waals surface area contributed by atoms with E-state index in [-0.39, 0.29) is 11.7 Å². The van der Waals surface area contributed by atoms with E-state index < -0.39 is 0 Å². The van der Waals surface area contributed by atoms with Gasteiger partial charge in [0, 0.05) is 29.2 Å². The number of carbonyl (C=O) groups excluding carboxylic acids is 1. The van der Waals surface area contributed by atoms with Crippen LogP contribution in [-0.2, 0) is 4.79 Å². The molecule has 4 nitrogen and oxygen atoms in total. The average molecular weight is 369 g/mol. The standard InChI is InChI=1S/C24H23N3O/c1-15-11-13-18(14-12-15)27-24-21(16(2)26-27)22(17-7-4-3-5-8-17)23-19(25-24)9-6-10-20(23)28/h3-5,7-8,11-14,22,25H,6,9-10H2,1-2H3/t22-/m1/s1. The van der Waals surface area contributed by atoms with Crippen LogP contribution in [0.25, 0.3) is 5.69 Å². The number of aromatic nitrogens is 2. The van der Waals surface area contributed by atoms with Gasteiger partial charge in [0.25, 0.3) is 0 Å². The second-order valence-electron chi connectivity index (χ2n) is 7.73. The van der Waals surface area contributed by atoms with Gasteiger partial charge in [-0.15, -0.1) is 0 Å². The Bertz CT molecular complexity index is 1090. The molecule has 0 saturated heterocycles. The number of hydrogen-bond donors (Lipinski definition) is 1. The Morgan fingerprint density at radius 1 is 1.00 bits per heavy atom. The molecule has 4 heteroatoms. The van der Waals surface area contributed by atoms with E-state index in [4.69, 9.17) is 5.10 Å². The third-order valence-electron chi connectivity index (χ3n) is 5.82. The zero-order valence-corrected chi connectivity index (χ0v) is 16.2. The maximum atomic E-state index is 12.9. The van der Waals surface area contributed by atoms with Gasteiger partial charge in [0.2, 0.25) is 0 Å². The largest absolute Gasteiger partial charge is 0.343 e. The van der Waals surface area contributed by atoms with Crippen LogP contribution in [0.1, 0.15) is 47.6 Å². The van der Waals surface area contributed by atoms with Gasteiger partial charge in [0.15, 0.2) is 5.78 Å². The molecule has 0 saturated carbocycles. The van der Waals surface area contributed by atoms with Crippen LogP contribution in [0.5, 0.6) is 0 Å². The predicted molar refractivity (Wildman–Crippen MR) is 111 cm³/mol. The molecular weight excluding hydrogens is 346 g/mol. The van der Waals surface area contributed by atoms with E-state index in [1.54, 1.807) is 0 Å². The lowest BCUT2D eigenvalue weighted by Gasteiger charge is -2.33. The van der Waals surface area contributed by atoms with Crippen molar-refractivity contribution in [1.82, 2.24) is 9.78 Å². The molecule has 140 valence electrons. The van der Waals surface area contributed by atoms with Crippen LogP contribution in [0.15, 0.2) is 65.9 Å². The van der Waals surface area contributed by atoms with Crippen LogP contribution in [-0.4, -0.2) is 15.6 Å². The number of fused-ring (bicyclic) bond motifs is 1. The van der Waals surface area contributed by atoms with E-state index in [1.165, 1.54) is 5.56 Å². The van der Waals surface area contributed by atoms with Gasteiger partial charge >= 0.3 is 0 Å². The summed E-state index contributed by atoms with van der Waals surface area (Å²) in [7, 11) is 0. The van der Waals surface area contributed by atoms with E-state index in [9.17, 15) is 4.79 Å². The van der Waals surface area contributed by atoms with Crippen molar-refractivity contribution in [3.05, 3.63) is 88.3 Å². The third kappa shape index (κ3) is 2.60. The summed E-state index contributed by atoms with van der Waals surface area (Å²) in [6.07, 6.45) is 2.44. The first kappa shape index (κ1) is 17.0. The molecule has 0 fully saturated rings. The van der Waals surface area contributed by atoms with Crippen LogP contribution in [0.2, 0.25) is 0 Å². The lowest BCUT2D eigenvalue weighted by molar-refractivity contribution is -0.116. The molecule has 28 heavy (non-hydrogen) atoms. The first-order valence-electron chi connectivity index (χ1n) is 9.88. The molecule has 2 aromatic carbocycles. The lowest BCUT2D eigenvalue weighted by atomic mass is 9.76. The highest BCUT2D eigenvalue weighted by molar-refractivity contribution is 6.01. The SMILES string of the molecule is Cc1ccc(-n2nc(C)c3c2NC2=C(C(=O)CCC2)[C@@H]3c2ccccc2)cc1. The summed E-state index contributed by atoms with van der Waals surface area (Å²) in [5, 5.41) is 8.46. The first-order valence-corrected chi connectivity index (χ1v) is 9.88. The summed E-state index contributed by atoms with van der Waals surface area (Å²) in [6.45, 7) is 4.13. The summed E-state index contributed by atoms with van der Waals surface area (Å²) in [5.41, 5.74) is 7.46. The molecule has 1 atom stereocenters. The first-order chi connectivity index (χ1) is 13.6. The average Bonchev–Trinajstić information content (AvgIpc) is 3.04. The van der Waals surface area contributed by atoms with Gasteiger partial charge < -0.3 is 5.32 Å². The highest BCUT2D eigenvalue weighted by Gasteiger charge is 2.38. The third-order valence-corrected chi connectivity index (χ3v) is 5.82. The zero-order chi connectivity index (χ0) is 19.3. The number of nitrogens with one attached hydrogen (secondary N) is 1. The molecule has 0 radical (unpaired) electrons. The Hall–Kier alpha value is -3.14. The van der Waals surface area contributed by atoms with Crippen molar-refractivity contribution in [1.29, 1.82) is 0 Å². The van der Waals surface area contributed by atoms with Crippen molar-refractivity contribution in [3.63, 3.8) is 0 Å². The van der Waals surface area contributed by atoms with Crippen LogP contribution < -0.4 is 5.32 Å². The van der Waals surface area contributed by atoms with Gasteiger partial charge in [-0.1, -0.05) is 48.0 Å². The molecule has 1 aromatic heterocycles. The molecule has 0 amide bonds. The summed E-state index contributed by atoms with van der Waals surface area (Å²) >= 11 is 0. The molecule has 2 aliphatic rings. The Labute approximate surface area is 164 Å². The second kappa shape index (κ2) is 6.48. The van der Waals surface area contributed by atoms with Crippen LogP contribution in [0.4, 0.5) is 5.82 Å². The van der Waals surface area contributed by atoms with Crippen molar-refractivity contribution in [2.75, 3.05) is 5.32 Å². The number of rotatable bonds is 2. The highest BCUT2D eigenvalue weighted by atomic mass is 16.1. The normalized spacial score (nSPS) is 18.5. The summed E-state index contributed by atoms with van der Waals surface area (Å²) in [4.78, 5) is 12.9. The van der Waals surface area contributed by atoms with Crippen LogP contribution in [0, 0.1) is 13.8 Å². The molecule has 2 heterocycles. The number of hydrogen-bond acceptors (Lipinski definition) is 3. The van der Waals surface area contributed by atoms with Crippen LogP contribution >= 0.6 is 0 Å². The predicted octanol–water partition coefficient (Wildman–Crippen LogP) is 5.05. The summed E-state index contributed by atoms with van der Waals surface area (Å²) in [6, 6.07) is 18.7. The minimum atomic E-state index is -0.0561. The number of ketones is 1. The monoisotopic (exact) mass is 369 g/mol. The molecule has 3 aromatic rings. The maximum absolute atomic E-state index is 12.9. The van der Waals surface area contributed by atoms with Gasteiger partial charge in [-0.05, 0) is 44.4 Å². The maximum Gasteiger partial charge on any atom is 0.161 e. The smallest absolute Gasteiger partial charge is 0.161 e. The van der Waals surface area contributed by atoms with Gasteiger partial charge in [-0.2, -0.15) is 5.10 Å². The second-order valence-corrected chi connectivity index (χ2v) is 7.73. The fraction of sp³-hybridized carbons (Fsp3) is 0.250. The van der Waals surface area contributed by atoms with E-state index >= 15 is 0 Å². The topological polar surface area (TPSA) is 46.9 Å². The van der Waals surface area contributed by atoms with Crippen LogP contribution in [0.3, 0.4) is 0 Å². The lowest BCUT2D eigenvalue weighted by Crippen LogP contribution is -2.27. The fourth-order valence-corrected chi connectivity index (χ4v) is 4.47. The minimum absolute atomic E-state index is 0.0561. The van der Waals surface area contributed by atoms with Crippen molar-refractivity contribution in [2.45, 2.75) is 39.0 Å². The minimum Gasteiger partial charge on any atom is -0.343 e. The molecule has 1 aliphatic carbocycles. The number of anilines is 1. The van der Waals surface area contributed by atoms with Crippen molar-refractivity contribution in [2.24, 2.45) is 0 Å². The number of Topliss-reactive ketones (excluding diaryl/α,β-unsaturated/α-hetero) is 1. The molecule has 1 N–H and O–H groups in total. The molecule has 0 unspecified atom stereocenters. The number of allylic oxidation sites excluding steroid dienone is 2. The quantitative estimate of drug-likeness (QED) is 0.687. The Morgan fingerprint density at radius 3 is 2.50 bits per heavy atom. The van der Waals surface area contributed by atoms with Gasteiger partial charge in [-0.3, -0.25) is 4.79 Å². The highest BCUT2D eigenvalue weighted by Crippen LogP contribution is 2.47. The van der Waals surface area contributed by atoms with E-state index in [0.29, 0.717) is 6.42 Å². The summed E-state index contributed by atoms with van der Waals surface area (Å²) in [5.74, 6) is 1.19. The zero-order valence-electron chi connectivity index (χ0n) is 16.2. The summed E-state index contributed by atoms with van der Waals surface area (Å²) < 4.78 is 1.99. The van der Waals surface area contributed by atoms with Crippen molar-refractivity contribution >= 4 is 11.6 Å². The number of aryl methyl sites for hydroxylation is 2. The molecule has 1 aliphatic heterocycles. The Kier molecular flexibility index (Phi) is 3.93. The Morgan fingerprint density at radius 2 is 1.75 bits per heavy atom. The molecule has 0 bridgehead atoms. The van der Waals surface area contributed by atoms with Crippen molar-refractivity contribution in [3.8, 4) is 5.69 Å². The molecular formula is C24H23N3O. The van der Waals surface area contributed by atoms with E-state index in [0.717, 1.165) is 52.4 Å². The number of carbonyl (C=O) groups is 1. The van der Waals surface area contributed by atoms with Gasteiger partial charge in [-0.25, -0.2) is 4.68 Å².